The Morgan fingerprint density at radius 1 is 0.818 bits per heavy atom. The Balaban J connectivity index is 2.54. The molecule has 128 valence electrons. The van der Waals surface area contributed by atoms with E-state index in [4.69, 9.17) is 9.47 Å². The lowest BCUT2D eigenvalue weighted by molar-refractivity contribution is -0.189. The number of carbonyl (C=O) groups is 2. The summed E-state index contributed by atoms with van der Waals surface area (Å²) in [7, 11) is 0. The fourth-order valence-electron chi connectivity index (χ4n) is 3.26. The van der Waals surface area contributed by atoms with Crippen molar-refractivity contribution in [1.29, 1.82) is 0 Å². The summed E-state index contributed by atoms with van der Waals surface area (Å²) in [5, 5.41) is 0. The van der Waals surface area contributed by atoms with Crippen molar-refractivity contribution in [2.24, 2.45) is 10.8 Å². The molecule has 1 aliphatic carbocycles. The van der Waals surface area contributed by atoms with Gasteiger partial charge in [0, 0.05) is 0 Å². The Kier molecular flexibility index (Phi) is 7.37. The highest BCUT2D eigenvalue weighted by Crippen LogP contribution is 2.55. The molecule has 1 saturated carbocycles. The smallest absolute Gasteiger partial charge is 0.323 e. The molecule has 0 spiro atoms. The van der Waals surface area contributed by atoms with Gasteiger partial charge in [-0.2, -0.15) is 0 Å². The first-order valence-electron chi connectivity index (χ1n) is 8.72. The third kappa shape index (κ3) is 4.99. The van der Waals surface area contributed by atoms with E-state index in [2.05, 4.69) is 27.7 Å². The van der Waals surface area contributed by atoms with Gasteiger partial charge in [0.1, 0.15) is 0 Å². The third-order valence-electron chi connectivity index (χ3n) is 4.30. The number of esters is 2. The second-order valence-corrected chi connectivity index (χ2v) is 7.29. The van der Waals surface area contributed by atoms with Gasteiger partial charge in [-0.15, -0.1) is 0 Å². The summed E-state index contributed by atoms with van der Waals surface area (Å²) in [4.78, 5) is 24.8. The Labute approximate surface area is 134 Å². The van der Waals surface area contributed by atoms with E-state index in [-0.39, 0.29) is 17.4 Å². The van der Waals surface area contributed by atoms with Crippen LogP contribution in [0, 0.1) is 10.8 Å². The molecule has 0 atom stereocenters. The van der Waals surface area contributed by atoms with Crippen LogP contribution in [-0.2, 0) is 19.1 Å². The van der Waals surface area contributed by atoms with Crippen LogP contribution in [0.3, 0.4) is 0 Å². The van der Waals surface area contributed by atoms with Crippen molar-refractivity contribution >= 4 is 11.9 Å². The van der Waals surface area contributed by atoms with Gasteiger partial charge in [0.05, 0.1) is 13.2 Å². The molecule has 0 heterocycles. The zero-order chi connectivity index (χ0) is 16.6. The SMILES string of the molecule is CCCCCOC(=O)C1(C(=O)OCCCCC)CC(C)(C)C1. The summed E-state index contributed by atoms with van der Waals surface area (Å²) in [6, 6.07) is 0. The highest BCUT2D eigenvalue weighted by Gasteiger charge is 2.61. The second-order valence-electron chi connectivity index (χ2n) is 7.29. The standard InChI is InChI=1S/C18H32O4/c1-5-7-9-11-21-15(19)18(13-17(3,4)14-18)16(20)22-12-10-8-6-2/h5-14H2,1-4H3. The van der Waals surface area contributed by atoms with Crippen LogP contribution < -0.4 is 0 Å². The number of ether oxygens (including phenoxy) is 2. The fourth-order valence-corrected chi connectivity index (χ4v) is 3.26. The molecule has 0 N–H and O–H groups in total. The van der Waals surface area contributed by atoms with Gasteiger partial charge in [0.25, 0.3) is 0 Å². The third-order valence-corrected chi connectivity index (χ3v) is 4.30. The molecule has 1 fully saturated rings. The van der Waals surface area contributed by atoms with E-state index in [9.17, 15) is 9.59 Å². The van der Waals surface area contributed by atoms with Gasteiger partial charge in [0.2, 0.25) is 0 Å². The monoisotopic (exact) mass is 312 g/mol. The van der Waals surface area contributed by atoms with Crippen LogP contribution in [0.25, 0.3) is 0 Å². The molecule has 0 bridgehead atoms. The highest BCUT2D eigenvalue weighted by molar-refractivity contribution is 6.01. The Bertz CT molecular complexity index is 339. The number of unbranched alkanes of at least 4 members (excludes halogenated alkanes) is 4. The molecule has 0 unspecified atom stereocenters. The van der Waals surface area contributed by atoms with Crippen molar-refractivity contribution in [2.75, 3.05) is 13.2 Å². The zero-order valence-electron chi connectivity index (χ0n) is 14.7. The number of hydrogen-bond acceptors (Lipinski definition) is 4. The predicted octanol–water partition coefficient (Wildman–Crippen LogP) is 4.26. The zero-order valence-corrected chi connectivity index (χ0v) is 14.7. The lowest BCUT2D eigenvalue weighted by Gasteiger charge is -2.48. The van der Waals surface area contributed by atoms with Crippen molar-refractivity contribution in [2.45, 2.75) is 79.1 Å². The average molecular weight is 312 g/mol. The van der Waals surface area contributed by atoms with E-state index in [0.29, 0.717) is 26.1 Å². The molecule has 4 nitrogen and oxygen atoms in total. The molecule has 0 aromatic rings. The Morgan fingerprint density at radius 3 is 1.55 bits per heavy atom. The molecule has 0 saturated heterocycles. The largest absolute Gasteiger partial charge is 0.465 e. The Morgan fingerprint density at radius 2 is 1.23 bits per heavy atom. The van der Waals surface area contributed by atoms with Gasteiger partial charge in [-0.05, 0) is 31.1 Å². The first-order valence-corrected chi connectivity index (χ1v) is 8.72. The van der Waals surface area contributed by atoms with Crippen LogP contribution in [0.1, 0.15) is 79.1 Å². The first kappa shape index (κ1) is 19.0. The van der Waals surface area contributed by atoms with Crippen LogP contribution in [0.2, 0.25) is 0 Å². The van der Waals surface area contributed by atoms with Crippen molar-refractivity contribution < 1.29 is 19.1 Å². The summed E-state index contributed by atoms with van der Waals surface area (Å²) in [6.07, 6.45) is 6.99. The van der Waals surface area contributed by atoms with Gasteiger partial charge in [-0.1, -0.05) is 53.4 Å². The molecule has 0 aromatic heterocycles. The summed E-state index contributed by atoms with van der Waals surface area (Å²) < 4.78 is 10.7. The quantitative estimate of drug-likeness (QED) is 0.343. The Hall–Kier alpha value is -1.06. The fraction of sp³-hybridized carbons (Fsp3) is 0.889. The van der Waals surface area contributed by atoms with Crippen LogP contribution in [0.4, 0.5) is 0 Å². The minimum absolute atomic E-state index is 0.00484. The summed E-state index contributed by atoms with van der Waals surface area (Å²) in [5.41, 5.74) is -1.05. The lowest BCUT2D eigenvalue weighted by atomic mass is 9.54. The minimum atomic E-state index is -1.05. The average Bonchev–Trinajstić information content (AvgIpc) is 2.44. The molecule has 1 rings (SSSR count). The van der Waals surface area contributed by atoms with Crippen LogP contribution in [0.15, 0.2) is 0 Å². The first-order chi connectivity index (χ1) is 10.4. The van der Waals surface area contributed by atoms with Gasteiger partial charge < -0.3 is 9.47 Å². The maximum absolute atomic E-state index is 12.4. The number of hydrogen-bond donors (Lipinski definition) is 0. The molecular weight excluding hydrogens is 280 g/mol. The maximum Gasteiger partial charge on any atom is 0.323 e. The molecule has 4 heteroatoms. The van der Waals surface area contributed by atoms with Gasteiger partial charge in [-0.25, -0.2) is 0 Å². The van der Waals surface area contributed by atoms with Crippen LogP contribution in [-0.4, -0.2) is 25.2 Å². The summed E-state index contributed by atoms with van der Waals surface area (Å²) in [5.74, 6) is -0.771. The molecule has 1 aliphatic rings. The van der Waals surface area contributed by atoms with Crippen molar-refractivity contribution in [1.82, 2.24) is 0 Å². The molecule has 0 amide bonds. The minimum Gasteiger partial charge on any atom is -0.465 e. The molecule has 0 aliphatic heterocycles. The maximum atomic E-state index is 12.4. The topological polar surface area (TPSA) is 52.6 Å². The molecule has 22 heavy (non-hydrogen) atoms. The van der Waals surface area contributed by atoms with E-state index >= 15 is 0 Å². The van der Waals surface area contributed by atoms with Gasteiger partial charge >= 0.3 is 11.9 Å². The summed E-state index contributed by atoms with van der Waals surface area (Å²) >= 11 is 0. The molecule has 0 aromatic carbocycles. The molecular formula is C18H32O4. The van der Waals surface area contributed by atoms with E-state index in [0.717, 1.165) is 38.5 Å². The summed E-state index contributed by atoms with van der Waals surface area (Å²) in [6.45, 7) is 9.15. The number of rotatable bonds is 10. The predicted molar refractivity (Wildman–Crippen MR) is 86.4 cm³/mol. The van der Waals surface area contributed by atoms with E-state index in [1.165, 1.54) is 0 Å². The van der Waals surface area contributed by atoms with Gasteiger partial charge in [0.15, 0.2) is 5.41 Å². The normalized spacial score (nSPS) is 18.4. The van der Waals surface area contributed by atoms with E-state index < -0.39 is 5.41 Å². The van der Waals surface area contributed by atoms with Crippen LogP contribution in [0.5, 0.6) is 0 Å². The van der Waals surface area contributed by atoms with E-state index in [1.54, 1.807) is 0 Å². The van der Waals surface area contributed by atoms with E-state index in [1.807, 2.05) is 0 Å². The van der Waals surface area contributed by atoms with Crippen molar-refractivity contribution in [3.05, 3.63) is 0 Å². The highest BCUT2D eigenvalue weighted by atomic mass is 16.6. The van der Waals surface area contributed by atoms with Crippen LogP contribution >= 0.6 is 0 Å². The van der Waals surface area contributed by atoms with Gasteiger partial charge in [-0.3, -0.25) is 9.59 Å². The second kappa shape index (κ2) is 8.54. The van der Waals surface area contributed by atoms with Crippen molar-refractivity contribution in [3.63, 3.8) is 0 Å². The molecule has 0 radical (unpaired) electrons. The lowest BCUT2D eigenvalue weighted by Crippen LogP contribution is -2.55. The number of carbonyl (C=O) groups excluding carboxylic acids is 2. The van der Waals surface area contributed by atoms with Crippen molar-refractivity contribution in [3.8, 4) is 0 Å².